The molecule has 11 heteroatoms. The minimum absolute atomic E-state index is 0.0355. The van der Waals surface area contributed by atoms with E-state index >= 15 is 0 Å². The smallest absolute Gasteiger partial charge is 0.263 e. The van der Waals surface area contributed by atoms with E-state index in [-0.39, 0.29) is 22.9 Å². The molecule has 11 nitrogen and oxygen atoms in total. The first-order valence-electron chi connectivity index (χ1n) is 16.0. The van der Waals surface area contributed by atoms with E-state index in [4.69, 9.17) is 15.0 Å². The number of ketones is 1. The Morgan fingerprint density at radius 2 is 1.89 bits per heavy atom. The number of aromatic nitrogens is 3. The van der Waals surface area contributed by atoms with Crippen LogP contribution in [0.1, 0.15) is 67.4 Å². The van der Waals surface area contributed by atoms with Gasteiger partial charge in [-0.1, -0.05) is 12.8 Å². The molecule has 0 spiro atoms. The van der Waals surface area contributed by atoms with Gasteiger partial charge >= 0.3 is 0 Å². The van der Waals surface area contributed by atoms with Gasteiger partial charge in [0.2, 0.25) is 5.95 Å². The molecule has 1 atom stereocenters. The summed E-state index contributed by atoms with van der Waals surface area (Å²) in [5.41, 5.74) is 3.13. The number of nitrogens with zero attached hydrogens (tertiary/aromatic N) is 7. The van der Waals surface area contributed by atoms with Crippen LogP contribution in [0.5, 0.6) is 5.75 Å². The summed E-state index contributed by atoms with van der Waals surface area (Å²) < 4.78 is 8.05. The van der Waals surface area contributed by atoms with Crippen molar-refractivity contribution in [3.05, 3.63) is 45.9 Å². The fourth-order valence-electron chi connectivity index (χ4n) is 7.78. The van der Waals surface area contributed by atoms with Crippen molar-refractivity contribution in [2.24, 2.45) is 0 Å². The molecule has 0 amide bonds. The number of ether oxygens (including phenoxy) is 1. The molecule has 1 saturated carbocycles. The third-order valence-electron chi connectivity index (χ3n) is 10.1. The number of likely N-dealkylation sites (tertiary alicyclic amines) is 1. The lowest BCUT2D eigenvalue weighted by molar-refractivity contribution is 0.0833. The highest BCUT2D eigenvalue weighted by Crippen LogP contribution is 2.39. The van der Waals surface area contributed by atoms with E-state index in [9.17, 15) is 9.59 Å². The largest absolute Gasteiger partial charge is 0.489 e. The summed E-state index contributed by atoms with van der Waals surface area (Å²) in [7, 11) is 0. The van der Waals surface area contributed by atoms with Crippen LogP contribution in [0.15, 0.2) is 29.2 Å². The fourth-order valence-corrected chi connectivity index (χ4v) is 7.78. The first-order chi connectivity index (χ1) is 21.4. The quantitative estimate of drug-likeness (QED) is 0.330. The van der Waals surface area contributed by atoms with Gasteiger partial charge < -0.3 is 15.0 Å². The van der Waals surface area contributed by atoms with E-state index in [1.54, 1.807) is 10.8 Å². The van der Waals surface area contributed by atoms with Gasteiger partial charge in [-0.3, -0.25) is 24.0 Å². The Hall–Kier alpha value is -4.01. The number of nitrogens with one attached hydrogen (secondary N) is 1. The highest BCUT2D eigenvalue weighted by atomic mass is 16.5. The molecule has 3 aliphatic heterocycles. The summed E-state index contributed by atoms with van der Waals surface area (Å²) in [4.78, 5) is 42.8. The van der Waals surface area contributed by atoms with Crippen molar-refractivity contribution in [3.63, 3.8) is 0 Å². The number of piperidine rings is 1. The Balaban J connectivity index is 1.09. The summed E-state index contributed by atoms with van der Waals surface area (Å²) in [6.45, 7) is 9.39. The Labute approximate surface area is 257 Å². The van der Waals surface area contributed by atoms with E-state index in [2.05, 4.69) is 37.1 Å². The number of hydrogen-bond donors (Lipinski definition) is 1. The monoisotopic (exact) mass is 596 g/mol. The van der Waals surface area contributed by atoms with Gasteiger partial charge in [-0.2, -0.15) is 10.2 Å². The molecular formula is C33H40N8O3. The Morgan fingerprint density at radius 1 is 1.09 bits per heavy atom. The highest BCUT2D eigenvalue weighted by molar-refractivity contribution is 5.99. The Morgan fingerprint density at radius 3 is 2.64 bits per heavy atom. The van der Waals surface area contributed by atoms with Crippen LogP contribution in [0, 0.1) is 18.3 Å². The molecule has 0 radical (unpaired) electrons. The molecule has 2 saturated heterocycles. The molecule has 44 heavy (non-hydrogen) atoms. The zero-order chi connectivity index (χ0) is 30.4. The van der Waals surface area contributed by atoms with Crippen LogP contribution < -0.4 is 20.5 Å². The first kappa shape index (κ1) is 28.7. The van der Waals surface area contributed by atoms with Crippen LogP contribution in [0.3, 0.4) is 0 Å². The number of benzene rings is 1. The molecule has 3 aromatic rings. The van der Waals surface area contributed by atoms with Crippen molar-refractivity contribution in [2.75, 3.05) is 56.1 Å². The standard InChI is InChI=1S/C33H40N8O3/c1-21-27-18-35-33(37-31(27)41(25-5-3-4-6-25)32(43)30(21)22(2)42)36-23-7-8-28-29(17-23)44-20-26-19-39(15-16-40(26)28)24-9-12-38(13-10-24)14-11-34/h7-8,17-18,24-26H,3-6,9-10,12-16,19-20H2,1-2H3,(H,35,36,37). The number of carbonyl (C=O) groups is 1. The van der Waals surface area contributed by atoms with Gasteiger partial charge in [-0.05, 0) is 57.2 Å². The van der Waals surface area contributed by atoms with E-state index in [1.807, 2.05) is 19.1 Å². The summed E-state index contributed by atoms with van der Waals surface area (Å²) in [5.74, 6) is 1.02. The molecule has 1 aliphatic carbocycles. The SMILES string of the molecule is CC(=O)c1c(C)c2cnc(Nc3ccc4c(c3)OCC3CN(C5CCN(CC#N)CC5)CCN43)nc2n(C2CCCC2)c1=O. The average molecular weight is 597 g/mol. The maximum absolute atomic E-state index is 13.5. The molecule has 2 aromatic heterocycles. The Kier molecular flexibility index (Phi) is 7.72. The lowest BCUT2D eigenvalue weighted by Crippen LogP contribution is -2.60. The molecule has 230 valence electrons. The van der Waals surface area contributed by atoms with Gasteiger partial charge in [0, 0.05) is 68.1 Å². The van der Waals surface area contributed by atoms with Gasteiger partial charge in [0.15, 0.2) is 5.78 Å². The normalized spacial score (nSPS) is 21.5. The number of hydrogen-bond acceptors (Lipinski definition) is 10. The van der Waals surface area contributed by atoms with Gasteiger partial charge in [0.25, 0.3) is 5.56 Å². The zero-order valence-electron chi connectivity index (χ0n) is 25.6. The highest BCUT2D eigenvalue weighted by Gasteiger charge is 2.36. The van der Waals surface area contributed by atoms with Crippen molar-refractivity contribution in [3.8, 4) is 11.8 Å². The number of pyridine rings is 1. The number of rotatable bonds is 6. The number of piperazine rings is 1. The third-order valence-corrected chi connectivity index (χ3v) is 10.1. The molecule has 7 rings (SSSR count). The first-order valence-corrected chi connectivity index (χ1v) is 16.0. The number of anilines is 3. The summed E-state index contributed by atoms with van der Waals surface area (Å²) in [6, 6.07) is 9.35. The van der Waals surface area contributed by atoms with E-state index in [0.717, 1.165) is 93.8 Å². The van der Waals surface area contributed by atoms with Crippen molar-refractivity contribution < 1.29 is 9.53 Å². The third kappa shape index (κ3) is 5.20. The van der Waals surface area contributed by atoms with Crippen molar-refractivity contribution in [1.82, 2.24) is 24.3 Å². The number of fused-ring (bicyclic) bond motifs is 4. The van der Waals surface area contributed by atoms with Crippen molar-refractivity contribution in [2.45, 2.75) is 70.5 Å². The van der Waals surface area contributed by atoms with Crippen LogP contribution in [-0.4, -0.2) is 88.1 Å². The number of aryl methyl sites for hydroxylation is 1. The van der Waals surface area contributed by atoms with Crippen molar-refractivity contribution in [1.29, 1.82) is 5.26 Å². The molecule has 1 aromatic carbocycles. The van der Waals surface area contributed by atoms with E-state index < -0.39 is 0 Å². The number of Topliss-reactive ketones (excluding diaryl/α,β-unsaturated/α-hetero) is 1. The summed E-state index contributed by atoms with van der Waals surface area (Å²) in [5, 5.41) is 13.1. The average Bonchev–Trinajstić information content (AvgIpc) is 3.55. The Bertz CT molecular complexity index is 1680. The molecule has 0 bridgehead atoms. The second-order valence-electron chi connectivity index (χ2n) is 12.7. The lowest BCUT2D eigenvalue weighted by atomic mass is 9.99. The molecule has 1 unspecified atom stereocenters. The van der Waals surface area contributed by atoms with E-state index in [1.165, 1.54) is 6.92 Å². The maximum atomic E-state index is 13.5. The van der Waals surface area contributed by atoms with Crippen LogP contribution in [0.4, 0.5) is 17.3 Å². The van der Waals surface area contributed by atoms with Crippen LogP contribution in [0.25, 0.3) is 11.0 Å². The minimum Gasteiger partial charge on any atom is -0.489 e. The molecule has 1 N–H and O–H groups in total. The lowest BCUT2D eigenvalue weighted by Gasteiger charge is -2.49. The fraction of sp³-hybridized carbons (Fsp3) is 0.545. The minimum atomic E-state index is -0.250. The van der Waals surface area contributed by atoms with Crippen LogP contribution in [-0.2, 0) is 0 Å². The second kappa shape index (κ2) is 11.8. The predicted molar refractivity (Wildman–Crippen MR) is 169 cm³/mol. The number of nitriles is 1. The van der Waals surface area contributed by atoms with Gasteiger partial charge in [-0.25, -0.2) is 4.98 Å². The van der Waals surface area contributed by atoms with Crippen LogP contribution in [0.2, 0.25) is 0 Å². The molecular weight excluding hydrogens is 556 g/mol. The predicted octanol–water partition coefficient (Wildman–Crippen LogP) is 4.03. The molecule has 5 heterocycles. The maximum Gasteiger partial charge on any atom is 0.263 e. The summed E-state index contributed by atoms with van der Waals surface area (Å²) in [6.07, 6.45) is 7.89. The topological polar surface area (TPSA) is 120 Å². The van der Waals surface area contributed by atoms with Gasteiger partial charge in [-0.15, -0.1) is 0 Å². The van der Waals surface area contributed by atoms with Gasteiger partial charge in [0.05, 0.1) is 29.9 Å². The zero-order valence-corrected chi connectivity index (χ0v) is 25.6. The van der Waals surface area contributed by atoms with Gasteiger partial charge in [0.1, 0.15) is 18.0 Å². The summed E-state index contributed by atoms with van der Waals surface area (Å²) >= 11 is 0. The second-order valence-corrected chi connectivity index (χ2v) is 12.7. The van der Waals surface area contributed by atoms with Crippen LogP contribution >= 0.6 is 0 Å². The van der Waals surface area contributed by atoms with Crippen molar-refractivity contribution >= 4 is 34.1 Å². The van der Waals surface area contributed by atoms with E-state index in [0.29, 0.717) is 42.4 Å². The molecule has 3 fully saturated rings. The number of carbonyl (C=O) groups excluding carboxylic acids is 1. The molecule has 4 aliphatic rings.